The van der Waals surface area contributed by atoms with Crippen LogP contribution in [-0.4, -0.2) is 36.3 Å². The Labute approximate surface area is 153 Å². The van der Waals surface area contributed by atoms with E-state index in [-0.39, 0.29) is 17.9 Å². The fourth-order valence-electron chi connectivity index (χ4n) is 3.73. The molecule has 1 heterocycles. The van der Waals surface area contributed by atoms with Gasteiger partial charge in [0, 0.05) is 24.4 Å². The third-order valence-corrected chi connectivity index (χ3v) is 5.30. The monoisotopic (exact) mass is 361 g/mol. The fourth-order valence-corrected chi connectivity index (χ4v) is 3.73. The van der Waals surface area contributed by atoms with Crippen molar-refractivity contribution in [2.24, 2.45) is 11.8 Å². The summed E-state index contributed by atoms with van der Waals surface area (Å²) in [7, 11) is 0. The maximum Gasteiger partial charge on any atom is 0.306 e. The topological polar surface area (TPSA) is 84.9 Å². The first-order valence-electron chi connectivity index (χ1n) is 9.41. The molecule has 6 nitrogen and oxygen atoms in total. The van der Waals surface area contributed by atoms with Gasteiger partial charge in [-0.15, -0.1) is 0 Å². The average Bonchev–Trinajstić information content (AvgIpc) is 2.65. The number of anilines is 1. The number of ether oxygens (including phenoxy) is 2. The van der Waals surface area contributed by atoms with Crippen LogP contribution >= 0.6 is 0 Å². The number of hydrogen-bond acceptors (Lipinski definition) is 4. The average molecular weight is 361 g/mol. The van der Waals surface area contributed by atoms with Crippen molar-refractivity contribution < 1.29 is 24.2 Å². The molecule has 2 aliphatic rings. The molecule has 1 aliphatic carbocycles. The van der Waals surface area contributed by atoms with Gasteiger partial charge in [-0.25, -0.2) is 0 Å². The lowest BCUT2D eigenvalue weighted by Crippen LogP contribution is -2.31. The minimum absolute atomic E-state index is 0.0894. The smallest absolute Gasteiger partial charge is 0.306 e. The number of carboxylic acids is 1. The van der Waals surface area contributed by atoms with Gasteiger partial charge in [-0.3, -0.25) is 9.59 Å². The molecule has 2 N–H and O–H groups in total. The van der Waals surface area contributed by atoms with E-state index in [1.165, 1.54) is 0 Å². The molecule has 1 saturated heterocycles. The van der Waals surface area contributed by atoms with Crippen molar-refractivity contribution in [3.05, 3.63) is 23.8 Å². The molecule has 1 aliphatic heterocycles. The molecule has 2 atom stereocenters. The highest BCUT2D eigenvalue weighted by Gasteiger charge is 2.31. The van der Waals surface area contributed by atoms with Crippen LogP contribution in [0.25, 0.3) is 0 Å². The van der Waals surface area contributed by atoms with Crippen LogP contribution < -0.4 is 10.1 Å². The van der Waals surface area contributed by atoms with E-state index in [2.05, 4.69) is 5.32 Å². The van der Waals surface area contributed by atoms with E-state index in [0.717, 1.165) is 55.9 Å². The zero-order chi connectivity index (χ0) is 18.5. The van der Waals surface area contributed by atoms with Gasteiger partial charge in [-0.1, -0.05) is 6.42 Å². The molecular formula is C20H27NO5. The minimum atomic E-state index is -0.798. The first-order valence-corrected chi connectivity index (χ1v) is 9.41. The van der Waals surface area contributed by atoms with E-state index in [0.29, 0.717) is 12.8 Å². The van der Waals surface area contributed by atoms with Crippen molar-refractivity contribution in [1.29, 1.82) is 0 Å². The van der Waals surface area contributed by atoms with E-state index < -0.39 is 11.9 Å². The quantitative estimate of drug-likeness (QED) is 0.840. The molecule has 1 aromatic carbocycles. The SMILES string of the molecule is Cc1cc(NC(=O)C2CCCC(C(=O)O)C2)ccc1OC1CCOCC1. The highest BCUT2D eigenvalue weighted by Crippen LogP contribution is 2.31. The summed E-state index contributed by atoms with van der Waals surface area (Å²) < 4.78 is 11.4. The number of nitrogens with one attached hydrogen (secondary N) is 1. The van der Waals surface area contributed by atoms with Crippen LogP contribution in [0.15, 0.2) is 18.2 Å². The molecule has 1 amide bonds. The van der Waals surface area contributed by atoms with Crippen LogP contribution in [0, 0.1) is 18.8 Å². The summed E-state index contributed by atoms with van der Waals surface area (Å²) in [6.45, 7) is 3.43. The summed E-state index contributed by atoms with van der Waals surface area (Å²) >= 11 is 0. The minimum Gasteiger partial charge on any atom is -0.490 e. The number of hydrogen-bond donors (Lipinski definition) is 2. The molecule has 2 fully saturated rings. The Bertz CT molecular complexity index is 654. The van der Waals surface area contributed by atoms with Crippen molar-refractivity contribution in [1.82, 2.24) is 0 Å². The second kappa shape index (κ2) is 8.54. The molecule has 1 saturated carbocycles. The highest BCUT2D eigenvalue weighted by molar-refractivity contribution is 5.93. The molecule has 6 heteroatoms. The third kappa shape index (κ3) is 4.75. The number of aliphatic carboxylic acids is 1. The summed E-state index contributed by atoms with van der Waals surface area (Å²) in [6.07, 6.45) is 4.58. The Morgan fingerprint density at radius 3 is 2.58 bits per heavy atom. The number of carbonyl (C=O) groups is 2. The van der Waals surface area contributed by atoms with Crippen molar-refractivity contribution in [3.63, 3.8) is 0 Å². The van der Waals surface area contributed by atoms with Gasteiger partial charge in [-0.05, 0) is 49.9 Å². The zero-order valence-electron chi connectivity index (χ0n) is 15.2. The number of benzene rings is 1. The second-order valence-electron chi connectivity index (χ2n) is 7.30. The van der Waals surface area contributed by atoms with E-state index in [1.807, 2.05) is 25.1 Å². The van der Waals surface area contributed by atoms with Crippen molar-refractivity contribution in [3.8, 4) is 5.75 Å². The Hall–Kier alpha value is -2.08. The first-order chi connectivity index (χ1) is 12.5. The maximum atomic E-state index is 12.5. The van der Waals surface area contributed by atoms with Crippen molar-refractivity contribution in [2.75, 3.05) is 18.5 Å². The molecule has 0 spiro atoms. The highest BCUT2D eigenvalue weighted by atomic mass is 16.5. The Morgan fingerprint density at radius 1 is 1.15 bits per heavy atom. The predicted octanol–water partition coefficient (Wildman–Crippen LogP) is 3.38. The molecular weight excluding hydrogens is 334 g/mol. The van der Waals surface area contributed by atoms with Crippen LogP contribution in [0.1, 0.15) is 44.1 Å². The van der Waals surface area contributed by atoms with Crippen molar-refractivity contribution >= 4 is 17.6 Å². The third-order valence-electron chi connectivity index (χ3n) is 5.30. The van der Waals surface area contributed by atoms with Crippen molar-refractivity contribution in [2.45, 2.75) is 51.6 Å². The van der Waals surface area contributed by atoms with Crippen LogP contribution in [0.4, 0.5) is 5.69 Å². The van der Waals surface area contributed by atoms with Gasteiger partial charge in [0.1, 0.15) is 11.9 Å². The van der Waals surface area contributed by atoms with Gasteiger partial charge in [0.15, 0.2) is 0 Å². The molecule has 0 bridgehead atoms. The zero-order valence-corrected chi connectivity index (χ0v) is 15.2. The van der Waals surface area contributed by atoms with Gasteiger partial charge in [-0.2, -0.15) is 0 Å². The Balaban J connectivity index is 1.58. The number of rotatable bonds is 5. The van der Waals surface area contributed by atoms with Gasteiger partial charge in [0.05, 0.1) is 19.1 Å². The molecule has 0 radical (unpaired) electrons. The van der Waals surface area contributed by atoms with E-state index in [1.54, 1.807) is 0 Å². The lowest BCUT2D eigenvalue weighted by atomic mass is 9.81. The molecule has 3 rings (SSSR count). The largest absolute Gasteiger partial charge is 0.490 e. The van der Waals surface area contributed by atoms with Gasteiger partial charge in [0.2, 0.25) is 5.91 Å². The standard InChI is InChI=1S/C20H27NO5/c1-13-11-16(5-6-18(13)26-17-7-9-25-10-8-17)21-19(22)14-3-2-4-15(12-14)20(23)24/h5-6,11,14-15,17H,2-4,7-10,12H2,1H3,(H,21,22)(H,23,24). The normalized spacial score (nSPS) is 24.0. The number of amides is 1. The van der Waals surface area contributed by atoms with E-state index in [9.17, 15) is 14.7 Å². The summed E-state index contributed by atoms with van der Waals surface area (Å²) in [5.74, 6) is -0.695. The Morgan fingerprint density at radius 2 is 1.88 bits per heavy atom. The Kier molecular flexibility index (Phi) is 6.14. The number of aryl methyl sites for hydroxylation is 1. The summed E-state index contributed by atoms with van der Waals surface area (Å²) in [5, 5.41) is 12.1. The molecule has 26 heavy (non-hydrogen) atoms. The second-order valence-corrected chi connectivity index (χ2v) is 7.30. The van der Waals surface area contributed by atoms with Gasteiger partial charge < -0.3 is 19.9 Å². The van der Waals surface area contributed by atoms with Gasteiger partial charge in [0.25, 0.3) is 0 Å². The van der Waals surface area contributed by atoms with Crippen LogP contribution in [0.2, 0.25) is 0 Å². The van der Waals surface area contributed by atoms with E-state index >= 15 is 0 Å². The lowest BCUT2D eigenvalue weighted by Gasteiger charge is -2.26. The molecule has 1 aromatic rings. The molecule has 2 unspecified atom stereocenters. The first kappa shape index (κ1) is 18.7. The van der Waals surface area contributed by atoms with Crippen LogP contribution in [-0.2, 0) is 14.3 Å². The van der Waals surface area contributed by atoms with Gasteiger partial charge >= 0.3 is 5.97 Å². The van der Waals surface area contributed by atoms with Crippen LogP contribution in [0.3, 0.4) is 0 Å². The lowest BCUT2D eigenvalue weighted by molar-refractivity contribution is -0.143. The summed E-state index contributed by atoms with van der Waals surface area (Å²) in [6, 6.07) is 5.64. The summed E-state index contributed by atoms with van der Waals surface area (Å²) in [4.78, 5) is 23.7. The number of carbonyl (C=O) groups excluding carboxylic acids is 1. The van der Waals surface area contributed by atoms with E-state index in [4.69, 9.17) is 9.47 Å². The fraction of sp³-hybridized carbons (Fsp3) is 0.600. The predicted molar refractivity (Wildman–Crippen MR) is 97.4 cm³/mol. The summed E-state index contributed by atoms with van der Waals surface area (Å²) in [5.41, 5.74) is 1.70. The van der Waals surface area contributed by atoms with Crippen LogP contribution in [0.5, 0.6) is 5.75 Å². The number of carboxylic acid groups (broad SMARTS) is 1. The maximum absolute atomic E-state index is 12.5. The molecule has 0 aromatic heterocycles. The molecule has 142 valence electrons.